The molecule has 0 fully saturated rings. The maximum atomic E-state index is 13.9. The van der Waals surface area contributed by atoms with Crippen LogP contribution in [-0.2, 0) is 10.0 Å². The molecule has 0 aliphatic carbocycles. The summed E-state index contributed by atoms with van der Waals surface area (Å²) in [6.07, 6.45) is 1.22. The van der Waals surface area contributed by atoms with E-state index in [-0.39, 0.29) is 33.6 Å². The van der Waals surface area contributed by atoms with Crippen LogP contribution in [0.25, 0.3) is 10.8 Å². The third-order valence-corrected chi connectivity index (χ3v) is 5.98. The molecular formula is C20H18ClF3N4O4S. The molecule has 1 heterocycles. The standard InChI is InChI=1S/C20H18ClF3N4O4S/c1-10(14-9-26-19(29)13-8-18(24)17(23)7-12(13)14)28(4-5-33(25,31)32)20(30)27-11-2-3-16(22)15(21)6-11/h2-3,6-10H,4-5H2,1H3,(H,26,29)(H,27,30)(H2,25,31,32)/t10-/m1/s1. The van der Waals surface area contributed by atoms with E-state index in [1.807, 2.05) is 0 Å². The largest absolute Gasteiger partial charge is 0.328 e. The van der Waals surface area contributed by atoms with Crippen LogP contribution in [0.2, 0.25) is 5.02 Å². The van der Waals surface area contributed by atoms with Crippen LogP contribution >= 0.6 is 11.6 Å². The van der Waals surface area contributed by atoms with E-state index < -0.39 is 50.9 Å². The molecule has 0 aliphatic heterocycles. The van der Waals surface area contributed by atoms with Crippen molar-refractivity contribution in [1.29, 1.82) is 0 Å². The first-order chi connectivity index (χ1) is 15.4. The zero-order chi connectivity index (χ0) is 24.5. The summed E-state index contributed by atoms with van der Waals surface area (Å²) in [5, 5.41) is 7.17. The summed E-state index contributed by atoms with van der Waals surface area (Å²) in [6, 6.07) is 3.24. The fraction of sp³-hybridized carbons (Fsp3) is 0.200. The Labute approximate surface area is 191 Å². The van der Waals surface area contributed by atoms with Crippen LogP contribution in [0.15, 0.2) is 41.3 Å². The highest BCUT2D eigenvalue weighted by atomic mass is 35.5. The molecule has 4 N–H and O–H groups in total. The van der Waals surface area contributed by atoms with E-state index in [9.17, 15) is 31.2 Å². The molecule has 2 aromatic carbocycles. The fourth-order valence-corrected chi connectivity index (χ4v) is 3.88. The molecule has 33 heavy (non-hydrogen) atoms. The van der Waals surface area contributed by atoms with Gasteiger partial charge >= 0.3 is 6.03 Å². The van der Waals surface area contributed by atoms with Crippen molar-refractivity contribution in [2.75, 3.05) is 17.6 Å². The predicted octanol–water partition coefficient (Wildman–Crippen LogP) is 3.48. The minimum absolute atomic E-state index is 0.0309. The SMILES string of the molecule is C[C@H](c1c[nH]c(=O)c2cc(F)c(F)cc12)N(CCS(N)(=O)=O)C(=O)Nc1ccc(F)c(Cl)c1. The number of rotatable bonds is 6. The molecule has 0 spiro atoms. The van der Waals surface area contributed by atoms with Gasteiger partial charge in [0.15, 0.2) is 11.6 Å². The van der Waals surface area contributed by atoms with E-state index in [1.54, 1.807) is 0 Å². The smallest absolute Gasteiger partial charge is 0.322 e. The zero-order valence-corrected chi connectivity index (χ0v) is 18.6. The number of benzene rings is 2. The van der Waals surface area contributed by atoms with Crippen molar-refractivity contribution >= 4 is 44.1 Å². The molecule has 2 amide bonds. The number of carbonyl (C=O) groups excluding carboxylic acids is 1. The normalized spacial score (nSPS) is 12.5. The van der Waals surface area contributed by atoms with Gasteiger partial charge in [0.1, 0.15) is 5.82 Å². The topological polar surface area (TPSA) is 125 Å². The van der Waals surface area contributed by atoms with Gasteiger partial charge in [-0.2, -0.15) is 0 Å². The number of anilines is 1. The number of carbonyl (C=O) groups is 1. The van der Waals surface area contributed by atoms with Gasteiger partial charge in [0.25, 0.3) is 5.56 Å². The molecule has 0 unspecified atom stereocenters. The van der Waals surface area contributed by atoms with Crippen molar-refractivity contribution in [3.8, 4) is 0 Å². The summed E-state index contributed by atoms with van der Waals surface area (Å²) in [5.74, 6) is -3.75. The highest BCUT2D eigenvalue weighted by Crippen LogP contribution is 2.28. The van der Waals surface area contributed by atoms with Crippen LogP contribution in [0.1, 0.15) is 18.5 Å². The molecule has 3 rings (SSSR count). The second kappa shape index (κ2) is 9.41. The maximum Gasteiger partial charge on any atom is 0.322 e. The van der Waals surface area contributed by atoms with E-state index in [2.05, 4.69) is 10.3 Å². The van der Waals surface area contributed by atoms with Crippen LogP contribution in [-0.4, -0.2) is 36.6 Å². The van der Waals surface area contributed by atoms with Gasteiger partial charge in [-0.15, -0.1) is 0 Å². The Morgan fingerprint density at radius 1 is 1.15 bits per heavy atom. The van der Waals surface area contributed by atoms with Gasteiger partial charge in [-0.05, 0) is 48.2 Å². The first kappa shape index (κ1) is 24.6. The Balaban J connectivity index is 2.04. The van der Waals surface area contributed by atoms with Crippen molar-refractivity contribution in [3.05, 3.63) is 74.9 Å². The van der Waals surface area contributed by atoms with Gasteiger partial charge in [-0.1, -0.05) is 11.6 Å². The van der Waals surface area contributed by atoms with Gasteiger partial charge in [-0.3, -0.25) is 4.79 Å². The van der Waals surface area contributed by atoms with Crippen molar-refractivity contribution in [2.24, 2.45) is 5.14 Å². The molecular weight excluding hydrogens is 485 g/mol. The average molecular weight is 503 g/mol. The first-order valence-corrected chi connectivity index (χ1v) is 11.5. The number of nitrogens with two attached hydrogens (primary N) is 1. The summed E-state index contributed by atoms with van der Waals surface area (Å²) in [5.41, 5.74) is -0.342. The fourth-order valence-electron chi connectivity index (χ4n) is 3.25. The molecule has 176 valence electrons. The molecule has 3 aromatic rings. The van der Waals surface area contributed by atoms with E-state index in [1.165, 1.54) is 19.2 Å². The zero-order valence-electron chi connectivity index (χ0n) is 17.0. The summed E-state index contributed by atoms with van der Waals surface area (Å²) in [6.45, 7) is 1.11. The molecule has 1 aromatic heterocycles. The predicted molar refractivity (Wildman–Crippen MR) is 118 cm³/mol. The van der Waals surface area contributed by atoms with Gasteiger partial charge in [0, 0.05) is 18.4 Å². The van der Waals surface area contributed by atoms with Gasteiger partial charge in [0.05, 0.1) is 22.2 Å². The highest BCUT2D eigenvalue weighted by molar-refractivity contribution is 7.89. The monoisotopic (exact) mass is 502 g/mol. The van der Waals surface area contributed by atoms with E-state index in [0.717, 1.165) is 29.2 Å². The molecule has 8 nitrogen and oxygen atoms in total. The number of H-pyrrole nitrogens is 1. The van der Waals surface area contributed by atoms with Crippen molar-refractivity contribution in [1.82, 2.24) is 9.88 Å². The number of sulfonamides is 1. The second-order valence-electron chi connectivity index (χ2n) is 7.18. The second-order valence-corrected chi connectivity index (χ2v) is 9.32. The maximum absolute atomic E-state index is 13.9. The lowest BCUT2D eigenvalue weighted by atomic mass is 10.0. The summed E-state index contributed by atoms with van der Waals surface area (Å²) in [7, 11) is -3.97. The van der Waals surface area contributed by atoms with Crippen LogP contribution in [0.5, 0.6) is 0 Å². The number of halogens is 4. The average Bonchev–Trinajstić information content (AvgIpc) is 2.71. The lowest BCUT2D eigenvalue weighted by Gasteiger charge is -2.30. The number of pyridine rings is 1. The third kappa shape index (κ3) is 5.64. The van der Waals surface area contributed by atoms with Gasteiger partial charge in [0.2, 0.25) is 10.0 Å². The van der Waals surface area contributed by atoms with Crippen molar-refractivity contribution in [3.63, 3.8) is 0 Å². The van der Waals surface area contributed by atoms with Crippen LogP contribution < -0.4 is 16.0 Å². The number of aromatic nitrogens is 1. The summed E-state index contributed by atoms with van der Waals surface area (Å²) in [4.78, 5) is 28.6. The molecule has 1 atom stereocenters. The number of nitrogens with one attached hydrogen (secondary N) is 2. The van der Waals surface area contributed by atoms with E-state index >= 15 is 0 Å². The summed E-state index contributed by atoms with van der Waals surface area (Å²) < 4.78 is 64.1. The molecule has 0 radical (unpaired) electrons. The summed E-state index contributed by atoms with van der Waals surface area (Å²) >= 11 is 5.73. The molecule has 0 aliphatic rings. The Hall–Kier alpha value is -3.09. The molecule has 0 bridgehead atoms. The Bertz CT molecular complexity index is 1400. The molecule has 0 saturated carbocycles. The Kier molecular flexibility index (Phi) is 7.00. The first-order valence-electron chi connectivity index (χ1n) is 9.41. The van der Waals surface area contributed by atoms with E-state index in [0.29, 0.717) is 0 Å². The Morgan fingerprint density at radius 3 is 2.39 bits per heavy atom. The van der Waals surface area contributed by atoms with E-state index in [4.69, 9.17) is 16.7 Å². The number of fused-ring (bicyclic) bond motifs is 1. The number of urea groups is 1. The van der Waals surface area contributed by atoms with Crippen LogP contribution in [0.4, 0.5) is 23.7 Å². The molecule has 13 heteroatoms. The quantitative estimate of drug-likeness (QED) is 0.477. The number of amides is 2. The number of hydrogen-bond acceptors (Lipinski definition) is 4. The van der Waals surface area contributed by atoms with Crippen molar-refractivity contribution < 1.29 is 26.4 Å². The highest BCUT2D eigenvalue weighted by Gasteiger charge is 2.26. The number of aromatic amines is 1. The Morgan fingerprint density at radius 2 is 1.79 bits per heavy atom. The van der Waals surface area contributed by atoms with Crippen LogP contribution in [0, 0.1) is 17.5 Å². The number of primary sulfonamides is 1. The minimum atomic E-state index is -3.97. The van der Waals surface area contributed by atoms with Crippen LogP contribution in [0.3, 0.4) is 0 Å². The number of hydrogen-bond donors (Lipinski definition) is 3. The number of nitrogens with zero attached hydrogens (tertiary/aromatic N) is 1. The lowest BCUT2D eigenvalue weighted by Crippen LogP contribution is -2.41. The van der Waals surface area contributed by atoms with Gasteiger partial charge in [-0.25, -0.2) is 31.5 Å². The minimum Gasteiger partial charge on any atom is -0.328 e. The van der Waals surface area contributed by atoms with Gasteiger partial charge < -0.3 is 15.2 Å². The lowest BCUT2D eigenvalue weighted by molar-refractivity contribution is 0.197. The molecule has 0 saturated heterocycles. The third-order valence-electron chi connectivity index (χ3n) is 4.94. The van der Waals surface area contributed by atoms with Crippen molar-refractivity contribution in [2.45, 2.75) is 13.0 Å².